The van der Waals surface area contributed by atoms with Crippen LogP contribution in [0.15, 0.2) is 109 Å². The van der Waals surface area contributed by atoms with Crippen molar-refractivity contribution in [2.24, 2.45) is 0 Å². The Morgan fingerprint density at radius 2 is 1.14 bits per heavy atom. The predicted octanol–water partition coefficient (Wildman–Crippen LogP) is 4.35. The summed E-state index contributed by atoms with van der Waals surface area (Å²) in [6.07, 6.45) is 0. The van der Waals surface area contributed by atoms with Gasteiger partial charge in [0.15, 0.2) is 0 Å². The summed E-state index contributed by atoms with van der Waals surface area (Å²) in [5.41, 5.74) is 0.609. The van der Waals surface area contributed by atoms with E-state index in [9.17, 15) is 4.79 Å². The number of rotatable bonds is 4. The Morgan fingerprint density at radius 3 is 1.57 bits per heavy atom. The van der Waals surface area contributed by atoms with Crippen LogP contribution in [0.25, 0.3) is 0 Å². The van der Waals surface area contributed by atoms with Crippen molar-refractivity contribution in [3.63, 3.8) is 0 Å². The molecule has 4 rings (SSSR count). The maximum absolute atomic E-state index is 10.7. The van der Waals surface area contributed by atoms with Crippen LogP contribution in [0.3, 0.4) is 0 Å². The molecule has 0 aliphatic carbocycles. The predicted molar refractivity (Wildman–Crippen MR) is 114 cm³/mol. The second-order valence-electron chi connectivity index (χ2n) is 5.81. The molecule has 28 heavy (non-hydrogen) atoms. The molecule has 0 unspecified atom stereocenters. The molecule has 0 amide bonds. The summed E-state index contributed by atoms with van der Waals surface area (Å²) in [5.74, 6) is -0.278. The average molecular weight is 428 g/mol. The quantitative estimate of drug-likeness (QED) is 0.209. The Kier molecular flexibility index (Phi) is 8.91. The molecule has 0 heterocycles. The molecule has 0 aliphatic rings. The molecule has 0 radical (unpaired) electrons. The number of carbonyl (C=O) groups excluding carboxylic acids is 1. The third kappa shape index (κ3) is 5.78. The number of hydrogen-bond acceptors (Lipinski definition) is 2. The van der Waals surface area contributed by atoms with Crippen LogP contribution in [-0.2, 0) is 21.8 Å². The van der Waals surface area contributed by atoms with Gasteiger partial charge in [-0.3, -0.25) is 4.79 Å². The monoisotopic (exact) mass is 428 g/mol. The van der Waals surface area contributed by atoms with Crippen molar-refractivity contribution in [3.8, 4) is 0 Å². The van der Waals surface area contributed by atoms with Crippen molar-refractivity contribution >= 4 is 29.8 Å². The van der Waals surface area contributed by atoms with E-state index in [1.165, 1.54) is 23.0 Å². The van der Waals surface area contributed by atoms with Crippen molar-refractivity contribution in [2.45, 2.75) is 0 Å². The minimum atomic E-state index is -0.409. The fourth-order valence-corrected chi connectivity index (χ4v) is 5.05. The first-order valence-corrected chi connectivity index (χ1v) is 10.1. The number of hydrogen-bond donors (Lipinski definition) is 0. The van der Waals surface area contributed by atoms with Crippen LogP contribution in [0.1, 0.15) is 10.4 Å². The van der Waals surface area contributed by atoms with E-state index >= 15 is 0 Å². The fourth-order valence-electron chi connectivity index (χ4n) is 2.74. The molecule has 4 heteroatoms. The van der Waals surface area contributed by atoms with E-state index in [1.807, 2.05) is 0 Å². The molecule has 2 nitrogen and oxygen atoms in total. The van der Waals surface area contributed by atoms with E-state index in [0.717, 1.165) is 0 Å². The minimum Gasteiger partial charge on any atom is -0.475 e. The molecule has 0 spiro atoms. The van der Waals surface area contributed by atoms with Gasteiger partial charge in [0.25, 0.3) is 5.97 Å². The summed E-state index contributed by atoms with van der Waals surface area (Å²) in [6.45, 7) is 0. The Labute approximate surface area is 178 Å². The van der Waals surface area contributed by atoms with Crippen molar-refractivity contribution in [1.29, 1.82) is 0 Å². The van der Waals surface area contributed by atoms with Gasteiger partial charge in [-0.2, -0.15) is 24.3 Å². The normalized spacial score (nSPS) is 9.79. The van der Waals surface area contributed by atoms with Gasteiger partial charge in [0.1, 0.15) is 0 Å². The summed E-state index contributed by atoms with van der Waals surface area (Å²) in [5, 5.41) is 4.23. The number of benzene rings is 2. The van der Waals surface area contributed by atoms with Crippen LogP contribution < -0.4 is 15.9 Å². The van der Waals surface area contributed by atoms with Gasteiger partial charge in [0.05, 0.1) is 7.11 Å². The van der Waals surface area contributed by atoms with Crippen molar-refractivity contribution in [3.05, 3.63) is 115 Å². The molecular formula is C24H21FeO2P-2. The van der Waals surface area contributed by atoms with Gasteiger partial charge in [-0.05, 0) is 10.6 Å². The number of ether oxygens (including phenoxy) is 1. The molecule has 0 aliphatic heterocycles. The van der Waals surface area contributed by atoms with Gasteiger partial charge in [0, 0.05) is 17.1 Å². The van der Waals surface area contributed by atoms with Crippen LogP contribution in [0.2, 0.25) is 0 Å². The first-order chi connectivity index (χ1) is 13.3. The average Bonchev–Trinajstić information content (AvgIpc) is 3.44. The van der Waals surface area contributed by atoms with Crippen LogP contribution >= 0.6 is 7.92 Å². The molecule has 4 aromatic rings. The number of esters is 1. The zero-order valence-electron chi connectivity index (χ0n) is 15.5. The summed E-state index contributed by atoms with van der Waals surface area (Å²) >= 11 is 0. The van der Waals surface area contributed by atoms with E-state index in [4.69, 9.17) is 0 Å². The zero-order chi connectivity index (χ0) is 18.9. The standard InChI is InChI=1S/C17H14P.C7H7O2.Fe/c1-3-9-15(10-4-1)18(17-13-7-8-14-17)16-11-5-2-6-12-16;1-9-7(8)6-4-2-3-5-6;/h1-14H;2-5H,1H3;/q2*-1;. The molecule has 0 N–H and O–H groups in total. The Hall–Kier alpha value is -2.44. The van der Waals surface area contributed by atoms with Gasteiger partial charge in [0.2, 0.25) is 0 Å². The molecule has 0 fully saturated rings. The van der Waals surface area contributed by atoms with Gasteiger partial charge in [-0.15, -0.1) is 5.30 Å². The first-order valence-electron chi connectivity index (χ1n) is 8.71. The molecule has 0 saturated heterocycles. The Bertz CT molecular complexity index is 878. The Morgan fingerprint density at radius 1 is 0.714 bits per heavy atom. The van der Waals surface area contributed by atoms with Crippen molar-refractivity contribution in [1.82, 2.24) is 0 Å². The zero-order valence-corrected chi connectivity index (χ0v) is 17.5. The van der Waals surface area contributed by atoms with E-state index in [2.05, 4.69) is 89.7 Å². The second-order valence-corrected chi connectivity index (χ2v) is 8.03. The summed E-state index contributed by atoms with van der Waals surface area (Å²) in [7, 11) is 0.961. The smallest absolute Gasteiger partial charge is 0.280 e. The summed E-state index contributed by atoms with van der Waals surface area (Å²) < 4.78 is 4.46. The number of carbonyl (C=O) groups is 1. The SMILES string of the molecule is COC(=O)[c-]1cccc1.[Fe].c1ccc(P(c2ccccc2)[c-]2cccc2)cc1. The van der Waals surface area contributed by atoms with Gasteiger partial charge < -0.3 is 4.74 Å². The van der Waals surface area contributed by atoms with E-state index in [1.54, 1.807) is 24.3 Å². The van der Waals surface area contributed by atoms with Gasteiger partial charge in [-0.25, -0.2) is 24.3 Å². The van der Waals surface area contributed by atoms with Crippen LogP contribution in [0.5, 0.6) is 0 Å². The van der Waals surface area contributed by atoms with Gasteiger partial charge in [-0.1, -0.05) is 74.1 Å². The molecule has 0 saturated carbocycles. The topological polar surface area (TPSA) is 26.3 Å². The largest absolute Gasteiger partial charge is 0.475 e. The van der Waals surface area contributed by atoms with E-state index in [-0.39, 0.29) is 23.0 Å². The molecule has 0 bridgehead atoms. The third-order valence-electron chi connectivity index (χ3n) is 4.02. The second kappa shape index (κ2) is 11.4. The fraction of sp³-hybridized carbons (Fsp3) is 0.0417. The molecular weight excluding hydrogens is 407 g/mol. The summed E-state index contributed by atoms with van der Waals surface area (Å²) in [6, 6.07) is 37.3. The van der Waals surface area contributed by atoms with Crippen molar-refractivity contribution in [2.75, 3.05) is 7.11 Å². The van der Waals surface area contributed by atoms with E-state index < -0.39 is 7.92 Å². The van der Waals surface area contributed by atoms with Gasteiger partial charge >= 0.3 is 0 Å². The Balaban J connectivity index is 0.000000239. The maximum atomic E-state index is 10.7. The molecule has 0 atom stereocenters. The molecule has 0 aromatic heterocycles. The van der Waals surface area contributed by atoms with Crippen LogP contribution in [0, 0.1) is 0 Å². The molecule has 144 valence electrons. The minimum absolute atomic E-state index is 0. The van der Waals surface area contributed by atoms with Crippen LogP contribution in [-0.4, -0.2) is 13.1 Å². The maximum Gasteiger partial charge on any atom is 0.280 e. The summed E-state index contributed by atoms with van der Waals surface area (Å²) in [4.78, 5) is 10.7. The molecule has 4 aromatic carbocycles. The third-order valence-corrected chi connectivity index (χ3v) is 6.46. The number of methoxy groups -OCH3 is 1. The van der Waals surface area contributed by atoms with Crippen molar-refractivity contribution < 1.29 is 26.6 Å². The van der Waals surface area contributed by atoms with Crippen LogP contribution in [0.4, 0.5) is 0 Å². The van der Waals surface area contributed by atoms with E-state index in [0.29, 0.717) is 5.56 Å². The first kappa shape index (κ1) is 21.9.